The molecule has 0 atom stereocenters. The van der Waals surface area contributed by atoms with Crippen LogP contribution >= 0.6 is 45.7 Å². The molecule has 2 rings (SSSR count). The lowest BCUT2D eigenvalue weighted by molar-refractivity contribution is 0.585. The average molecular weight is 347 g/mol. The van der Waals surface area contributed by atoms with Crippen LogP contribution in [-0.4, -0.2) is 20.7 Å². The second kappa shape index (κ2) is 3.69. The number of sulfonamides is 1. The lowest BCUT2D eigenvalue weighted by Crippen LogP contribution is -2.23. The third-order valence-electron chi connectivity index (χ3n) is 1.53. The van der Waals surface area contributed by atoms with Gasteiger partial charge in [0.1, 0.15) is 4.21 Å². The Balaban J connectivity index is 2.60. The predicted octanol–water partition coefficient (Wildman–Crippen LogP) is 1.74. The lowest BCUT2D eigenvalue weighted by Gasteiger charge is -1.98. The number of fused-ring (bicyclic) bond motifs is 1. The highest BCUT2D eigenvalue weighted by Gasteiger charge is 2.24. The van der Waals surface area contributed by atoms with Gasteiger partial charge in [0.15, 0.2) is 0 Å². The summed E-state index contributed by atoms with van der Waals surface area (Å²) in [6.07, 6.45) is 0. The van der Waals surface area contributed by atoms with Crippen molar-refractivity contribution >= 4 is 55.7 Å². The molecule has 1 aromatic heterocycles. The zero-order valence-corrected chi connectivity index (χ0v) is 11.0. The van der Waals surface area contributed by atoms with E-state index in [9.17, 15) is 8.42 Å². The van der Waals surface area contributed by atoms with Crippen molar-refractivity contribution in [3.05, 3.63) is 8.95 Å². The molecule has 0 saturated heterocycles. The van der Waals surface area contributed by atoms with Crippen LogP contribution in [0.2, 0.25) is 0 Å². The molecule has 1 N–H and O–H groups in total. The van der Waals surface area contributed by atoms with Gasteiger partial charge in [0.2, 0.25) is 0 Å². The molecule has 0 unspecified atom stereocenters. The van der Waals surface area contributed by atoms with Crippen LogP contribution in [0.15, 0.2) is 15.2 Å². The average Bonchev–Trinajstić information content (AvgIpc) is 2.36. The van der Waals surface area contributed by atoms with Gasteiger partial charge in [-0.15, -0.1) is 23.1 Å². The van der Waals surface area contributed by atoms with E-state index < -0.39 is 10.0 Å². The van der Waals surface area contributed by atoms with Crippen LogP contribution in [0.5, 0.6) is 0 Å². The number of rotatable bonds is 0. The minimum absolute atomic E-state index is 0.472. The Hall–Kier alpha value is 0.690. The molecule has 0 aromatic carbocycles. The molecule has 0 saturated carbocycles. The Kier molecular flexibility index (Phi) is 2.90. The third-order valence-corrected chi connectivity index (χ3v) is 6.72. The topological polar surface area (TPSA) is 46.2 Å². The first-order valence-corrected chi connectivity index (χ1v) is 7.88. The number of thioether (sulfide) groups is 1. The molecule has 0 radical (unpaired) electrons. The maximum absolute atomic E-state index is 11.6. The van der Waals surface area contributed by atoms with E-state index in [0.717, 1.165) is 13.5 Å². The van der Waals surface area contributed by atoms with Crippen molar-refractivity contribution in [2.24, 2.45) is 0 Å². The van der Waals surface area contributed by atoms with Gasteiger partial charge in [0, 0.05) is 17.2 Å². The van der Waals surface area contributed by atoms with Crippen molar-refractivity contribution in [3.8, 4) is 0 Å². The van der Waals surface area contributed by atoms with Gasteiger partial charge < -0.3 is 0 Å². The molecule has 1 aliphatic heterocycles. The van der Waals surface area contributed by atoms with Gasteiger partial charge in [0.05, 0.1) is 2.88 Å². The van der Waals surface area contributed by atoms with Crippen molar-refractivity contribution < 1.29 is 8.42 Å². The number of thiophene rings is 1. The molecule has 1 aromatic rings. The second-order valence-electron chi connectivity index (χ2n) is 2.45. The van der Waals surface area contributed by atoms with Crippen LogP contribution in [0.4, 0.5) is 0 Å². The Labute approximate surface area is 98.5 Å². The minimum Gasteiger partial charge on any atom is -0.210 e. The summed E-state index contributed by atoms with van der Waals surface area (Å²) in [5.41, 5.74) is 0. The van der Waals surface area contributed by atoms with Crippen LogP contribution in [0.1, 0.15) is 0 Å². The van der Waals surface area contributed by atoms with Crippen LogP contribution in [0.3, 0.4) is 0 Å². The van der Waals surface area contributed by atoms with E-state index in [-0.39, 0.29) is 0 Å². The molecule has 13 heavy (non-hydrogen) atoms. The summed E-state index contributed by atoms with van der Waals surface area (Å²) in [4.78, 5) is 0.888. The molecule has 0 spiro atoms. The van der Waals surface area contributed by atoms with Crippen molar-refractivity contribution in [1.82, 2.24) is 4.72 Å². The maximum atomic E-state index is 11.6. The van der Waals surface area contributed by atoms with Crippen LogP contribution in [0.25, 0.3) is 0 Å². The van der Waals surface area contributed by atoms with Gasteiger partial charge in [0.25, 0.3) is 10.0 Å². The zero-order chi connectivity index (χ0) is 9.47. The second-order valence-corrected chi connectivity index (χ2v) is 8.49. The Morgan fingerprint density at radius 2 is 2.31 bits per heavy atom. The fourth-order valence-corrected chi connectivity index (χ4v) is 6.63. The summed E-state index contributed by atoms with van der Waals surface area (Å²) >= 11 is 5.07. The first kappa shape index (κ1) is 10.2. The van der Waals surface area contributed by atoms with E-state index in [1.54, 1.807) is 11.8 Å². The third kappa shape index (κ3) is 2.04. The highest BCUT2D eigenvalue weighted by molar-refractivity contribution is 14.1. The van der Waals surface area contributed by atoms with Gasteiger partial charge in [-0.2, -0.15) is 0 Å². The quantitative estimate of drug-likeness (QED) is 0.728. The first-order chi connectivity index (χ1) is 6.09. The van der Waals surface area contributed by atoms with E-state index >= 15 is 0 Å². The maximum Gasteiger partial charge on any atom is 0.251 e. The van der Waals surface area contributed by atoms with Crippen LogP contribution in [0, 0.1) is 2.88 Å². The summed E-state index contributed by atoms with van der Waals surface area (Å²) < 4.78 is 27.2. The standard InChI is InChI=1S/C6H6INO2S3/c7-5-3-4-6(12-5)13(9,10)8-1-2-11-4/h3,8H,1-2H2. The molecule has 0 bridgehead atoms. The molecule has 72 valence electrons. The van der Waals surface area contributed by atoms with Gasteiger partial charge in [-0.05, 0) is 28.7 Å². The Morgan fingerprint density at radius 3 is 3.08 bits per heavy atom. The molecule has 7 heteroatoms. The minimum atomic E-state index is -3.21. The van der Waals surface area contributed by atoms with E-state index in [2.05, 4.69) is 27.3 Å². The van der Waals surface area contributed by atoms with Gasteiger partial charge in [-0.1, -0.05) is 0 Å². The summed E-state index contributed by atoms with van der Waals surface area (Å²) in [6, 6.07) is 1.93. The summed E-state index contributed by atoms with van der Waals surface area (Å²) in [7, 11) is -3.21. The first-order valence-electron chi connectivity index (χ1n) is 3.51. The summed E-state index contributed by atoms with van der Waals surface area (Å²) in [5.74, 6) is 0.805. The van der Waals surface area contributed by atoms with Crippen molar-refractivity contribution in [2.45, 2.75) is 9.10 Å². The number of hydrogen-bond donors (Lipinski definition) is 1. The van der Waals surface area contributed by atoms with Crippen molar-refractivity contribution in [1.29, 1.82) is 0 Å². The van der Waals surface area contributed by atoms with E-state index in [1.807, 2.05) is 6.07 Å². The predicted molar refractivity (Wildman–Crippen MR) is 62.9 cm³/mol. The lowest BCUT2D eigenvalue weighted by atomic mass is 10.7. The Morgan fingerprint density at radius 1 is 1.54 bits per heavy atom. The fraction of sp³-hybridized carbons (Fsp3) is 0.333. The molecule has 2 heterocycles. The monoisotopic (exact) mass is 347 g/mol. The van der Waals surface area contributed by atoms with Crippen molar-refractivity contribution in [3.63, 3.8) is 0 Å². The van der Waals surface area contributed by atoms with Crippen LogP contribution < -0.4 is 4.72 Å². The van der Waals surface area contributed by atoms with E-state index in [0.29, 0.717) is 10.8 Å². The zero-order valence-electron chi connectivity index (χ0n) is 6.41. The molecule has 0 amide bonds. The normalized spacial score (nSPS) is 20.7. The van der Waals surface area contributed by atoms with Gasteiger partial charge >= 0.3 is 0 Å². The van der Waals surface area contributed by atoms with Crippen LogP contribution in [-0.2, 0) is 10.0 Å². The SMILES string of the molecule is O=S1(=O)NCCSc2cc(I)sc21. The molecular formula is C6H6INO2S3. The van der Waals surface area contributed by atoms with Crippen molar-refractivity contribution in [2.75, 3.05) is 12.3 Å². The summed E-state index contributed by atoms with van der Waals surface area (Å²) in [6.45, 7) is 0.519. The smallest absolute Gasteiger partial charge is 0.210 e. The highest BCUT2D eigenvalue weighted by Crippen LogP contribution is 2.36. The van der Waals surface area contributed by atoms with E-state index in [1.165, 1.54) is 11.3 Å². The van der Waals surface area contributed by atoms with Gasteiger partial charge in [-0.25, -0.2) is 13.1 Å². The van der Waals surface area contributed by atoms with Gasteiger partial charge in [-0.3, -0.25) is 0 Å². The Bertz CT molecular complexity index is 425. The van der Waals surface area contributed by atoms with E-state index in [4.69, 9.17) is 0 Å². The summed E-state index contributed by atoms with van der Waals surface area (Å²) in [5, 5.41) is 0. The molecule has 3 nitrogen and oxygen atoms in total. The largest absolute Gasteiger partial charge is 0.251 e. The number of nitrogens with one attached hydrogen (secondary N) is 1. The number of halogens is 1. The highest BCUT2D eigenvalue weighted by atomic mass is 127. The molecule has 0 fully saturated rings. The number of hydrogen-bond acceptors (Lipinski definition) is 4. The molecule has 1 aliphatic rings. The molecular weight excluding hydrogens is 341 g/mol. The molecule has 0 aliphatic carbocycles. The fourth-order valence-electron chi connectivity index (χ4n) is 1.02.